The monoisotopic (exact) mass is 279 g/mol. The SMILES string of the molecule is O=C(NC1CCNCC1)N1CCc2cc(Cl)ccc21. The van der Waals surface area contributed by atoms with Crippen LogP contribution < -0.4 is 15.5 Å². The smallest absolute Gasteiger partial charge is 0.322 e. The van der Waals surface area contributed by atoms with E-state index in [0.29, 0.717) is 6.04 Å². The molecule has 0 spiro atoms. The highest BCUT2D eigenvalue weighted by molar-refractivity contribution is 6.30. The van der Waals surface area contributed by atoms with Gasteiger partial charge in [0.2, 0.25) is 0 Å². The number of amides is 2. The van der Waals surface area contributed by atoms with Gasteiger partial charge in [-0.15, -0.1) is 0 Å². The molecule has 0 saturated carbocycles. The Balaban J connectivity index is 1.69. The van der Waals surface area contributed by atoms with Crippen LogP contribution in [0, 0.1) is 0 Å². The van der Waals surface area contributed by atoms with E-state index in [4.69, 9.17) is 11.6 Å². The van der Waals surface area contributed by atoms with Crippen molar-refractivity contribution in [2.75, 3.05) is 24.5 Å². The minimum atomic E-state index is 0.0213. The van der Waals surface area contributed by atoms with E-state index in [9.17, 15) is 4.79 Å². The molecule has 2 heterocycles. The molecule has 19 heavy (non-hydrogen) atoms. The van der Waals surface area contributed by atoms with Crippen molar-refractivity contribution in [1.29, 1.82) is 0 Å². The van der Waals surface area contributed by atoms with Crippen LogP contribution in [-0.4, -0.2) is 31.7 Å². The van der Waals surface area contributed by atoms with E-state index in [1.165, 1.54) is 0 Å². The van der Waals surface area contributed by atoms with Crippen molar-refractivity contribution in [2.45, 2.75) is 25.3 Å². The Bertz CT molecular complexity index is 486. The standard InChI is InChI=1S/C14H18ClN3O/c15-11-1-2-13-10(9-11)5-8-18(13)14(19)17-12-3-6-16-7-4-12/h1-2,9,12,16H,3-8H2,(H,17,19). The second-order valence-electron chi connectivity index (χ2n) is 5.15. The number of hydrogen-bond acceptors (Lipinski definition) is 2. The predicted molar refractivity (Wildman–Crippen MR) is 76.9 cm³/mol. The summed E-state index contributed by atoms with van der Waals surface area (Å²) in [4.78, 5) is 14.1. The van der Waals surface area contributed by atoms with Gasteiger partial charge in [0.1, 0.15) is 0 Å². The molecule has 2 aliphatic rings. The normalized spacial score (nSPS) is 19.3. The third-order valence-electron chi connectivity index (χ3n) is 3.85. The van der Waals surface area contributed by atoms with Gasteiger partial charge < -0.3 is 10.6 Å². The summed E-state index contributed by atoms with van der Waals surface area (Å²) in [6.07, 6.45) is 2.90. The average molecular weight is 280 g/mol. The maximum atomic E-state index is 12.3. The fourth-order valence-electron chi connectivity index (χ4n) is 2.80. The van der Waals surface area contributed by atoms with E-state index < -0.39 is 0 Å². The molecule has 0 aliphatic carbocycles. The molecule has 1 saturated heterocycles. The first kappa shape index (κ1) is 12.8. The molecule has 2 aliphatic heterocycles. The van der Waals surface area contributed by atoms with E-state index in [1.54, 1.807) is 0 Å². The van der Waals surface area contributed by atoms with Crippen LogP contribution in [0.5, 0.6) is 0 Å². The van der Waals surface area contributed by atoms with E-state index >= 15 is 0 Å². The summed E-state index contributed by atoms with van der Waals surface area (Å²) >= 11 is 5.98. The van der Waals surface area contributed by atoms with Crippen LogP contribution in [0.15, 0.2) is 18.2 Å². The maximum Gasteiger partial charge on any atom is 0.322 e. The van der Waals surface area contributed by atoms with Gasteiger partial charge in [-0.2, -0.15) is 0 Å². The van der Waals surface area contributed by atoms with Crippen LogP contribution in [0.1, 0.15) is 18.4 Å². The Morgan fingerprint density at radius 1 is 1.37 bits per heavy atom. The molecule has 2 N–H and O–H groups in total. The van der Waals surface area contributed by atoms with Crippen molar-refractivity contribution < 1.29 is 4.79 Å². The number of benzene rings is 1. The number of carbonyl (C=O) groups excluding carboxylic acids is 1. The van der Waals surface area contributed by atoms with Gasteiger partial charge in [0.05, 0.1) is 0 Å². The topological polar surface area (TPSA) is 44.4 Å². The van der Waals surface area contributed by atoms with E-state index in [1.807, 2.05) is 23.1 Å². The molecular formula is C14H18ClN3O. The quantitative estimate of drug-likeness (QED) is 0.827. The molecule has 5 heteroatoms. The lowest BCUT2D eigenvalue weighted by atomic mass is 10.1. The number of carbonyl (C=O) groups is 1. The van der Waals surface area contributed by atoms with Gasteiger partial charge in [-0.3, -0.25) is 4.90 Å². The third-order valence-corrected chi connectivity index (χ3v) is 4.08. The zero-order valence-electron chi connectivity index (χ0n) is 10.8. The highest BCUT2D eigenvalue weighted by atomic mass is 35.5. The summed E-state index contributed by atoms with van der Waals surface area (Å²) in [6.45, 7) is 2.71. The summed E-state index contributed by atoms with van der Waals surface area (Å²) in [5.74, 6) is 0. The van der Waals surface area contributed by atoms with Crippen molar-refractivity contribution >= 4 is 23.3 Å². The number of rotatable bonds is 1. The Morgan fingerprint density at radius 2 is 2.16 bits per heavy atom. The van der Waals surface area contributed by atoms with E-state index in [0.717, 1.165) is 55.2 Å². The van der Waals surface area contributed by atoms with Crippen LogP contribution in [0.2, 0.25) is 5.02 Å². The van der Waals surface area contributed by atoms with Gasteiger partial charge in [-0.25, -0.2) is 4.79 Å². The second kappa shape index (κ2) is 5.39. The van der Waals surface area contributed by atoms with Crippen molar-refractivity contribution in [3.63, 3.8) is 0 Å². The summed E-state index contributed by atoms with van der Waals surface area (Å²) in [5.41, 5.74) is 2.16. The van der Waals surface area contributed by atoms with Crippen molar-refractivity contribution in [3.05, 3.63) is 28.8 Å². The number of fused-ring (bicyclic) bond motifs is 1. The van der Waals surface area contributed by atoms with Gasteiger partial charge >= 0.3 is 6.03 Å². The molecule has 4 nitrogen and oxygen atoms in total. The minimum absolute atomic E-state index is 0.0213. The lowest BCUT2D eigenvalue weighted by Crippen LogP contribution is -2.48. The Hall–Kier alpha value is -1.26. The third kappa shape index (κ3) is 2.69. The van der Waals surface area contributed by atoms with Gasteiger partial charge in [-0.1, -0.05) is 11.6 Å². The maximum absolute atomic E-state index is 12.3. The number of nitrogens with one attached hydrogen (secondary N) is 2. The molecule has 0 atom stereocenters. The van der Waals surface area contributed by atoms with Gasteiger partial charge in [0, 0.05) is 23.3 Å². The first-order valence-corrected chi connectivity index (χ1v) is 7.19. The Kier molecular flexibility index (Phi) is 3.62. The largest absolute Gasteiger partial charge is 0.335 e. The molecule has 0 aromatic heterocycles. The number of piperidine rings is 1. The highest BCUT2D eigenvalue weighted by Gasteiger charge is 2.26. The molecule has 1 aromatic rings. The van der Waals surface area contributed by atoms with E-state index in [-0.39, 0.29) is 6.03 Å². The molecule has 0 unspecified atom stereocenters. The molecular weight excluding hydrogens is 262 g/mol. The Labute approximate surface area is 118 Å². The van der Waals surface area contributed by atoms with Crippen molar-refractivity contribution in [2.24, 2.45) is 0 Å². The second-order valence-corrected chi connectivity index (χ2v) is 5.58. The first-order chi connectivity index (χ1) is 9.24. The van der Waals surface area contributed by atoms with Gasteiger partial charge in [0.15, 0.2) is 0 Å². The fraction of sp³-hybridized carbons (Fsp3) is 0.500. The van der Waals surface area contributed by atoms with Crippen LogP contribution in [0.25, 0.3) is 0 Å². The highest BCUT2D eigenvalue weighted by Crippen LogP contribution is 2.30. The lowest BCUT2D eigenvalue weighted by molar-refractivity contribution is 0.239. The van der Waals surface area contributed by atoms with Gasteiger partial charge in [-0.05, 0) is 56.1 Å². The number of urea groups is 1. The molecule has 0 radical (unpaired) electrons. The van der Waals surface area contributed by atoms with Crippen molar-refractivity contribution in [1.82, 2.24) is 10.6 Å². The summed E-state index contributed by atoms with van der Waals surface area (Å²) < 4.78 is 0. The molecule has 102 valence electrons. The summed E-state index contributed by atoms with van der Waals surface area (Å²) in [7, 11) is 0. The lowest BCUT2D eigenvalue weighted by Gasteiger charge is -2.26. The Morgan fingerprint density at radius 3 is 2.95 bits per heavy atom. The van der Waals surface area contributed by atoms with E-state index in [2.05, 4.69) is 10.6 Å². The number of hydrogen-bond donors (Lipinski definition) is 2. The minimum Gasteiger partial charge on any atom is -0.335 e. The summed E-state index contributed by atoms with van der Waals surface area (Å²) in [5, 5.41) is 7.17. The molecule has 1 fully saturated rings. The van der Waals surface area contributed by atoms with Crippen LogP contribution in [0.3, 0.4) is 0 Å². The zero-order chi connectivity index (χ0) is 13.2. The van der Waals surface area contributed by atoms with Gasteiger partial charge in [0.25, 0.3) is 0 Å². The zero-order valence-corrected chi connectivity index (χ0v) is 11.5. The number of halogens is 1. The fourth-order valence-corrected chi connectivity index (χ4v) is 2.99. The van der Waals surface area contributed by atoms with Crippen LogP contribution >= 0.6 is 11.6 Å². The first-order valence-electron chi connectivity index (χ1n) is 6.81. The summed E-state index contributed by atoms with van der Waals surface area (Å²) in [6, 6.07) is 6.05. The van der Waals surface area contributed by atoms with Crippen LogP contribution in [0.4, 0.5) is 10.5 Å². The average Bonchev–Trinajstić information content (AvgIpc) is 2.82. The number of anilines is 1. The molecule has 2 amide bonds. The van der Waals surface area contributed by atoms with Crippen LogP contribution in [-0.2, 0) is 6.42 Å². The molecule has 3 rings (SSSR count). The predicted octanol–water partition coefficient (Wildman–Crippen LogP) is 2.16. The van der Waals surface area contributed by atoms with Crippen molar-refractivity contribution in [3.8, 4) is 0 Å². The molecule has 0 bridgehead atoms. The molecule has 1 aromatic carbocycles. The number of nitrogens with zero attached hydrogens (tertiary/aromatic N) is 1.